The van der Waals surface area contributed by atoms with Crippen LogP contribution in [0.15, 0.2) is 47.5 Å². The Kier molecular flexibility index (Phi) is 4.39. The fourth-order valence-electron chi connectivity index (χ4n) is 1.90. The number of nitrogens with one attached hydrogen (secondary N) is 1. The van der Waals surface area contributed by atoms with Crippen molar-refractivity contribution in [1.82, 2.24) is 4.98 Å². The van der Waals surface area contributed by atoms with Crippen molar-refractivity contribution in [3.63, 3.8) is 0 Å². The minimum absolute atomic E-state index is 0.227. The molecule has 5 heteroatoms. The molecule has 0 radical (unpaired) electrons. The van der Waals surface area contributed by atoms with Gasteiger partial charge in [0.2, 0.25) is 0 Å². The van der Waals surface area contributed by atoms with Gasteiger partial charge in [0.15, 0.2) is 9.84 Å². The van der Waals surface area contributed by atoms with Gasteiger partial charge in [-0.1, -0.05) is 31.2 Å². The highest BCUT2D eigenvalue weighted by molar-refractivity contribution is 7.90. The van der Waals surface area contributed by atoms with E-state index in [-0.39, 0.29) is 4.90 Å². The fraction of sp³-hybridized carbons (Fsp3) is 0.267. The molecule has 1 aromatic carbocycles. The molecule has 0 fully saturated rings. The molecule has 106 valence electrons. The molecule has 0 unspecified atom stereocenters. The Hall–Kier alpha value is -1.88. The minimum atomic E-state index is -3.27. The van der Waals surface area contributed by atoms with E-state index in [1.165, 1.54) is 11.8 Å². The van der Waals surface area contributed by atoms with Gasteiger partial charge in [-0.3, -0.25) is 0 Å². The normalized spacial score (nSPS) is 11.3. The SMILES string of the molecule is CCc1ccc(CNc2ncccc2S(C)(=O)=O)cc1. The Labute approximate surface area is 119 Å². The second kappa shape index (κ2) is 6.05. The molecule has 0 aliphatic heterocycles. The maximum absolute atomic E-state index is 11.7. The third-order valence-corrected chi connectivity index (χ3v) is 4.19. The highest BCUT2D eigenvalue weighted by Gasteiger charge is 2.13. The Morgan fingerprint density at radius 3 is 2.35 bits per heavy atom. The van der Waals surface area contributed by atoms with Gasteiger partial charge in [-0.25, -0.2) is 13.4 Å². The largest absolute Gasteiger partial charge is 0.365 e. The van der Waals surface area contributed by atoms with Gasteiger partial charge in [0.1, 0.15) is 10.7 Å². The number of sulfone groups is 1. The van der Waals surface area contributed by atoms with E-state index in [1.807, 2.05) is 12.1 Å². The average Bonchev–Trinajstić information content (AvgIpc) is 2.45. The predicted molar refractivity (Wildman–Crippen MR) is 80.5 cm³/mol. The molecular weight excluding hydrogens is 272 g/mol. The minimum Gasteiger partial charge on any atom is -0.365 e. The molecule has 0 spiro atoms. The van der Waals surface area contributed by atoms with Crippen molar-refractivity contribution in [3.8, 4) is 0 Å². The molecule has 0 bridgehead atoms. The van der Waals surface area contributed by atoms with Gasteiger partial charge in [0, 0.05) is 19.0 Å². The Balaban J connectivity index is 2.15. The van der Waals surface area contributed by atoms with Crippen LogP contribution in [0.25, 0.3) is 0 Å². The molecule has 0 aliphatic carbocycles. The van der Waals surface area contributed by atoms with Crippen LogP contribution in [-0.4, -0.2) is 19.7 Å². The topological polar surface area (TPSA) is 59.1 Å². The Morgan fingerprint density at radius 2 is 1.75 bits per heavy atom. The summed E-state index contributed by atoms with van der Waals surface area (Å²) in [5.74, 6) is 0.398. The third kappa shape index (κ3) is 3.57. The van der Waals surface area contributed by atoms with Crippen molar-refractivity contribution < 1.29 is 8.42 Å². The number of hydrogen-bond donors (Lipinski definition) is 1. The molecule has 1 aromatic heterocycles. The number of aryl methyl sites for hydroxylation is 1. The summed E-state index contributed by atoms with van der Waals surface area (Å²) in [7, 11) is -3.27. The highest BCUT2D eigenvalue weighted by atomic mass is 32.2. The van der Waals surface area contributed by atoms with E-state index in [0.717, 1.165) is 12.0 Å². The smallest absolute Gasteiger partial charge is 0.179 e. The van der Waals surface area contributed by atoms with Gasteiger partial charge < -0.3 is 5.32 Å². The summed E-state index contributed by atoms with van der Waals surface area (Å²) in [5, 5.41) is 3.08. The lowest BCUT2D eigenvalue weighted by Gasteiger charge is -2.09. The van der Waals surface area contributed by atoms with E-state index in [4.69, 9.17) is 0 Å². The summed E-state index contributed by atoms with van der Waals surface area (Å²) < 4.78 is 23.3. The van der Waals surface area contributed by atoms with E-state index in [2.05, 4.69) is 29.4 Å². The number of benzene rings is 1. The third-order valence-electron chi connectivity index (χ3n) is 3.06. The quantitative estimate of drug-likeness (QED) is 0.919. The van der Waals surface area contributed by atoms with Crippen molar-refractivity contribution in [2.24, 2.45) is 0 Å². The summed E-state index contributed by atoms with van der Waals surface area (Å²) in [6, 6.07) is 11.4. The maximum Gasteiger partial charge on any atom is 0.179 e. The molecule has 1 heterocycles. The lowest BCUT2D eigenvalue weighted by Crippen LogP contribution is -2.07. The molecule has 2 rings (SSSR count). The molecule has 4 nitrogen and oxygen atoms in total. The monoisotopic (exact) mass is 290 g/mol. The molecule has 0 aliphatic rings. The molecule has 0 saturated carbocycles. The van der Waals surface area contributed by atoms with E-state index >= 15 is 0 Å². The van der Waals surface area contributed by atoms with Crippen LogP contribution in [0.4, 0.5) is 5.82 Å². The first-order valence-corrected chi connectivity index (χ1v) is 8.36. The van der Waals surface area contributed by atoms with Gasteiger partial charge in [-0.2, -0.15) is 0 Å². The summed E-state index contributed by atoms with van der Waals surface area (Å²) in [6.07, 6.45) is 3.77. The van der Waals surface area contributed by atoms with E-state index in [0.29, 0.717) is 12.4 Å². The van der Waals surface area contributed by atoms with Crippen LogP contribution in [-0.2, 0) is 22.8 Å². The van der Waals surface area contributed by atoms with E-state index in [1.54, 1.807) is 18.3 Å². The molecule has 0 amide bonds. The van der Waals surface area contributed by atoms with Crippen LogP contribution in [0.3, 0.4) is 0 Å². The maximum atomic E-state index is 11.7. The van der Waals surface area contributed by atoms with Crippen LogP contribution in [0.2, 0.25) is 0 Å². The zero-order chi connectivity index (χ0) is 14.6. The molecule has 0 saturated heterocycles. The zero-order valence-electron chi connectivity index (χ0n) is 11.6. The zero-order valence-corrected chi connectivity index (χ0v) is 12.4. The predicted octanol–water partition coefficient (Wildman–Crippen LogP) is 2.66. The van der Waals surface area contributed by atoms with Gasteiger partial charge in [-0.15, -0.1) is 0 Å². The van der Waals surface area contributed by atoms with Crippen molar-refractivity contribution in [1.29, 1.82) is 0 Å². The number of nitrogens with zero attached hydrogens (tertiary/aromatic N) is 1. The molecule has 2 aromatic rings. The van der Waals surface area contributed by atoms with Crippen molar-refractivity contribution in [2.75, 3.05) is 11.6 Å². The van der Waals surface area contributed by atoms with Crippen molar-refractivity contribution >= 4 is 15.7 Å². The molecule has 20 heavy (non-hydrogen) atoms. The van der Waals surface area contributed by atoms with Gasteiger partial charge in [-0.05, 0) is 29.7 Å². The Bertz CT molecular complexity index is 679. The van der Waals surface area contributed by atoms with Crippen LogP contribution >= 0.6 is 0 Å². The second-order valence-corrected chi connectivity index (χ2v) is 6.63. The summed E-state index contributed by atoms with van der Waals surface area (Å²) in [6.45, 7) is 2.66. The average molecular weight is 290 g/mol. The first kappa shape index (κ1) is 14.5. The van der Waals surface area contributed by atoms with Crippen LogP contribution < -0.4 is 5.32 Å². The highest BCUT2D eigenvalue weighted by Crippen LogP contribution is 2.18. The number of anilines is 1. The summed E-state index contributed by atoms with van der Waals surface area (Å²) in [4.78, 5) is 4.33. The lowest BCUT2D eigenvalue weighted by atomic mass is 10.1. The number of aromatic nitrogens is 1. The van der Waals surface area contributed by atoms with Gasteiger partial charge in [0.05, 0.1) is 0 Å². The number of hydrogen-bond acceptors (Lipinski definition) is 4. The van der Waals surface area contributed by atoms with Crippen molar-refractivity contribution in [2.45, 2.75) is 24.8 Å². The Morgan fingerprint density at radius 1 is 1.10 bits per heavy atom. The molecular formula is C15H18N2O2S. The van der Waals surface area contributed by atoms with Crippen LogP contribution in [0, 0.1) is 0 Å². The van der Waals surface area contributed by atoms with Crippen LogP contribution in [0.1, 0.15) is 18.1 Å². The first-order valence-electron chi connectivity index (χ1n) is 6.47. The second-order valence-electron chi connectivity index (χ2n) is 4.65. The first-order chi connectivity index (χ1) is 9.50. The van der Waals surface area contributed by atoms with Gasteiger partial charge >= 0.3 is 0 Å². The summed E-state index contributed by atoms with van der Waals surface area (Å²) >= 11 is 0. The van der Waals surface area contributed by atoms with Crippen molar-refractivity contribution in [3.05, 3.63) is 53.7 Å². The summed E-state index contributed by atoms with van der Waals surface area (Å²) in [5.41, 5.74) is 2.37. The molecule has 0 atom stereocenters. The lowest BCUT2D eigenvalue weighted by molar-refractivity contribution is 0.601. The van der Waals surface area contributed by atoms with Crippen LogP contribution in [0.5, 0.6) is 0 Å². The molecule has 1 N–H and O–H groups in total. The van der Waals surface area contributed by atoms with E-state index < -0.39 is 9.84 Å². The standard InChI is InChI=1S/C15H18N2O2S/c1-3-12-6-8-13(9-7-12)11-17-15-14(20(2,18)19)5-4-10-16-15/h4-10H,3,11H2,1-2H3,(H,16,17). The number of pyridine rings is 1. The van der Waals surface area contributed by atoms with E-state index in [9.17, 15) is 8.42 Å². The van der Waals surface area contributed by atoms with Gasteiger partial charge in [0.25, 0.3) is 0 Å². The fourth-order valence-corrected chi connectivity index (χ4v) is 2.70. The number of rotatable bonds is 5.